The van der Waals surface area contributed by atoms with Gasteiger partial charge < -0.3 is 0 Å². The van der Waals surface area contributed by atoms with Crippen LogP contribution in [0.5, 0.6) is 0 Å². The van der Waals surface area contributed by atoms with E-state index in [9.17, 15) is 8.42 Å². The molecule has 0 N–H and O–H groups in total. The number of hydrogen-bond acceptors (Lipinski definition) is 2. The molecule has 2 aromatic rings. The first kappa shape index (κ1) is 20.1. The van der Waals surface area contributed by atoms with Gasteiger partial charge in [-0.05, 0) is 106 Å². The fraction of sp³-hybridized carbons (Fsp3) is 0.500. The summed E-state index contributed by atoms with van der Waals surface area (Å²) in [6.07, 6.45) is 5.79. The molecule has 1 aliphatic carbocycles. The molecule has 146 valence electrons. The molecule has 0 unspecified atom stereocenters. The van der Waals surface area contributed by atoms with Crippen LogP contribution in [0.2, 0.25) is 0 Å². The summed E-state index contributed by atoms with van der Waals surface area (Å²) >= 11 is 0. The van der Waals surface area contributed by atoms with E-state index in [4.69, 9.17) is 0 Å². The van der Waals surface area contributed by atoms with Crippen molar-refractivity contribution in [1.29, 1.82) is 0 Å². The maximum atomic E-state index is 12.4. The molecule has 2 aromatic carbocycles. The number of hydrogen-bond donors (Lipinski definition) is 0. The van der Waals surface area contributed by atoms with Gasteiger partial charge >= 0.3 is 0 Å². The molecule has 3 rings (SSSR count). The van der Waals surface area contributed by atoms with Crippen LogP contribution in [0.15, 0.2) is 30.3 Å². The summed E-state index contributed by atoms with van der Waals surface area (Å²) in [4.78, 5) is 0. The lowest BCUT2D eigenvalue weighted by Gasteiger charge is -2.19. The summed E-state index contributed by atoms with van der Waals surface area (Å²) in [6, 6.07) is 10.5. The average Bonchev–Trinajstić information content (AvgIpc) is 3.07. The first-order valence-corrected chi connectivity index (χ1v) is 11.6. The Hall–Kier alpha value is -1.61. The van der Waals surface area contributed by atoms with E-state index >= 15 is 0 Å². The Kier molecular flexibility index (Phi) is 5.54. The van der Waals surface area contributed by atoms with Crippen molar-refractivity contribution in [3.8, 4) is 0 Å². The summed E-state index contributed by atoms with van der Waals surface area (Å²) in [7, 11) is -3.14. The Morgan fingerprint density at radius 2 is 1.48 bits per heavy atom. The topological polar surface area (TPSA) is 34.1 Å². The molecule has 0 aromatic heterocycles. The molecule has 27 heavy (non-hydrogen) atoms. The molecule has 0 radical (unpaired) electrons. The van der Waals surface area contributed by atoms with Crippen LogP contribution in [0.4, 0.5) is 0 Å². The van der Waals surface area contributed by atoms with E-state index in [0.29, 0.717) is 0 Å². The van der Waals surface area contributed by atoms with Crippen molar-refractivity contribution < 1.29 is 8.42 Å². The zero-order valence-electron chi connectivity index (χ0n) is 17.4. The second-order valence-electron chi connectivity index (χ2n) is 8.98. The van der Waals surface area contributed by atoms with Crippen LogP contribution >= 0.6 is 0 Å². The quantitative estimate of drug-likeness (QED) is 0.702. The van der Waals surface area contributed by atoms with E-state index in [1.54, 1.807) is 31.9 Å². The summed E-state index contributed by atoms with van der Waals surface area (Å²) in [6.45, 7) is 9.81. The molecule has 3 heteroatoms. The Morgan fingerprint density at radius 1 is 0.889 bits per heavy atom. The van der Waals surface area contributed by atoms with Crippen LogP contribution in [-0.2, 0) is 41.3 Å². The second-order valence-corrected chi connectivity index (χ2v) is 11.7. The molecule has 0 amide bonds. The van der Waals surface area contributed by atoms with E-state index in [-0.39, 0.29) is 5.75 Å². The zero-order chi connectivity index (χ0) is 19.8. The van der Waals surface area contributed by atoms with Gasteiger partial charge in [0.05, 0.1) is 10.5 Å². The highest BCUT2D eigenvalue weighted by atomic mass is 32.2. The Bertz CT molecular complexity index is 930. The monoisotopic (exact) mass is 384 g/mol. The van der Waals surface area contributed by atoms with E-state index in [0.717, 1.165) is 18.4 Å². The number of aryl methyl sites for hydroxylation is 3. The molecule has 1 aliphatic rings. The second kappa shape index (κ2) is 7.43. The fourth-order valence-corrected chi connectivity index (χ4v) is 5.08. The SMILES string of the molecule is Cc1cc(CCc2ccc(CS(=O)(=O)C(C)(C)C)cc2)c(C)c2c1CCC2. The van der Waals surface area contributed by atoms with Crippen molar-refractivity contribution in [3.05, 3.63) is 69.3 Å². The van der Waals surface area contributed by atoms with Gasteiger partial charge in [0, 0.05) is 0 Å². The van der Waals surface area contributed by atoms with Crippen LogP contribution in [0.3, 0.4) is 0 Å². The standard InChI is InChI=1S/C24H32O2S/c1-17-15-21(18(2)23-8-6-7-22(17)23)14-13-19-9-11-20(12-10-19)16-27(25,26)24(3,4)5/h9-12,15H,6-8,13-14,16H2,1-5H3. The van der Waals surface area contributed by atoms with Crippen LogP contribution < -0.4 is 0 Å². The van der Waals surface area contributed by atoms with Gasteiger partial charge in [0.25, 0.3) is 0 Å². The first-order chi connectivity index (χ1) is 12.6. The van der Waals surface area contributed by atoms with Crippen LogP contribution in [0.1, 0.15) is 66.1 Å². The predicted molar refractivity (Wildman–Crippen MR) is 114 cm³/mol. The van der Waals surface area contributed by atoms with Crippen molar-refractivity contribution in [1.82, 2.24) is 0 Å². The van der Waals surface area contributed by atoms with Crippen molar-refractivity contribution in [2.75, 3.05) is 0 Å². The number of sulfone groups is 1. The highest BCUT2D eigenvalue weighted by Gasteiger charge is 2.28. The summed E-state index contributed by atoms with van der Waals surface area (Å²) < 4.78 is 24.0. The molecule has 0 bridgehead atoms. The van der Waals surface area contributed by atoms with Crippen molar-refractivity contribution >= 4 is 9.84 Å². The Morgan fingerprint density at radius 3 is 2.11 bits per heavy atom. The smallest absolute Gasteiger partial charge is 0.159 e. The molecule has 0 aliphatic heterocycles. The average molecular weight is 385 g/mol. The van der Waals surface area contributed by atoms with Gasteiger partial charge in [0.15, 0.2) is 9.84 Å². The molecular weight excluding hydrogens is 352 g/mol. The van der Waals surface area contributed by atoms with E-state index in [1.165, 1.54) is 41.5 Å². The maximum absolute atomic E-state index is 12.4. The van der Waals surface area contributed by atoms with Gasteiger partial charge in [-0.15, -0.1) is 0 Å². The lowest BCUT2D eigenvalue weighted by atomic mass is 9.91. The fourth-order valence-electron chi connectivity index (χ4n) is 4.02. The largest absolute Gasteiger partial charge is 0.228 e. The molecule has 0 atom stereocenters. The van der Waals surface area contributed by atoms with Gasteiger partial charge in [0.2, 0.25) is 0 Å². The lowest BCUT2D eigenvalue weighted by molar-refractivity contribution is 0.559. The van der Waals surface area contributed by atoms with Gasteiger partial charge in [-0.1, -0.05) is 30.3 Å². The first-order valence-electron chi connectivity index (χ1n) is 9.99. The summed E-state index contributed by atoms with van der Waals surface area (Å²) in [5, 5.41) is 0. The molecule has 0 heterocycles. The summed E-state index contributed by atoms with van der Waals surface area (Å²) in [5.74, 6) is 0.111. The molecular formula is C24H32O2S. The van der Waals surface area contributed by atoms with Crippen molar-refractivity contribution in [3.63, 3.8) is 0 Å². The maximum Gasteiger partial charge on any atom is 0.159 e. The van der Waals surface area contributed by atoms with Gasteiger partial charge in [-0.2, -0.15) is 0 Å². The van der Waals surface area contributed by atoms with Crippen LogP contribution in [-0.4, -0.2) is 13.2 Å². The normalized spacial score (nSPS) is 14.4. The number of benzene rings is 2. The summed E-state index contributed by atoms with van der Waals surface area (Å²) in [5.41, 5.74) is 9.72. The third-order valence-corrected chi connectivity index (χ3v) is 8.59. The Balaban J connectivity index is 1.69. The number of rotatable bonds is 5. The van der Waals surface area contributed by atoms with E-state index in [1.807, 2.05) is 12.1 Å². The lowest BCUT2D eigenvalue weighted by Crippen LogP contribution is -2.29. The molecule has 0 saturated heterocycles. The molecule has 0 saturated carbocycles. The highest BCUT2D eigenvalue weighted by molar-refractivity contribution is 7.91. The minimum absolute atomic E-state index is 0.111. The van der Waals surface area contributed by atoms with Crippen LogP contribution in [0.25, 0.3) is 0 Å². The van der Waals surface area contributed by atoms with E-state index in [2.05, 4.69) is 32.0 Å². The van der Waals surface area contributed by atoms with Gasteiger partial charge in [-0.3, -0.25) is 0 Å². The molecule has 0 spiro atoms. The minimum atomic E-state index is -3.14. The highest BCUT2D eigenvalue weighted by Crippen LogP contribution is 2.31. The third-order valence-electron chi connectivity index (χ3n) is 6.01. The predicted octanol–water partition coefficient (Wildman–Crippen LogP) is 5.29. The zero-order valence-corrected chi connectivity index (χ0v) is 18.2. The van der Waals surface area contributed by atoms with Crippen molar-refractivity contribution in [2.45, 2.75) is 77.2 Å². The molecule has 0 fully saturated rings. The van der Waals surface area contributed by atoms with E-state index < -0.39 is 14.6 Å². The van der Waals surface area contributed by atoms with Crippen LogP contribution in [0, 0.1) is 13.8 Å². The van der Waals surface area contributed by atoms with Gasteiger partial charge in [0.1, 0.15) is 0 Å². The third kappa shape index (κ3) is 4.29. The minimum Gasteiger partial charge on any atom is -0.228 e. The molecule has 2 nitrogen and oxygen atoms in total. The number of fused-ring (bicyclic) bond motifs is 1. The Labute approximate surface area is 164 Å². The van der Waals surface area contributed by atoms with Crippen molar-refractivity contribution in [2.24, 2.45) is 0 Å². The van der Waals surface area contributed by atoms with Gasteiger partial charge in [-0.25, -0.2) is 8.42 Å².